The number of hydrogen-bond acceptors (Lipinski definition) is 3. The topological polar surface area (TPSA) is 27.7 Å². The predicted molar refractivity (Wildman–Crippen MR) is 206 cm³/mol. The quantitative estimate of drug-likeness (QED) is 0.223. The average molecular weight is 669 g/mol. The minimum Gasteiger partial charge on any atom is -0.483 e. The first-order valence-electron chi connectivity index (χ1n) is 18.1. The molecule has 48 heavy (non-hydrogen) atoms. The standard InChI is InChI=1S/C44H64O3Si/c1-39(2,3)26-20-29-35-30-21-27(40(4,5)6)24-33(43(13,14)15)37(30)46-48(19,45-36(29)32(23-26)42(10,11)12)47-38-31(35)22-28(41(7,8)9)25-34(38)44(16,17)18/h20-25,35H,1-19H3. The number of hydrogen-bond donors (Lipinski definition) is 0. The molecule has 3 heterocycles. The van der Waals surface area contributed by atoms with Gasteiger partial charge in [-0.2, -0.15) is 0 Å². The Hall–Kier alpha value is -2.72. The van der Waals surface area contributed by atoms with Crippen molar-refractivity contribution in [3.63, 3.8) is 0 Å². The monoisotopic (exact) mass is 668 g/mol. The molecule has 3 aromatic carbocycles. The maximum absolute atomic E-state index is 7.36. The van der Waals surface area contributed by atoms with Gasteiger partial charge < -0.3 is 13.3 Å². The molecule has 0 N–H and O–H groups in total. The molecule has 0 aromatic heterocycles. The zero-order valence-corrected chi connectivity index (χ0v) is 34.8. The molecule has 0 saturated carbocycles. The Bertz CT molecular complexity index is 1550. The SMILES string of the molecule is CC(C)(C)c1cc2c(c(C(C)(C)C)c1)O[Si]1(C)Oc3c(cc(C(C)(C)C)cc3C(C)(C)C)C2c2cc(C(C)(C)C)cc(C(C)(C)C)c2O1. The van der Waals surface area contributed by atoms with Crippen LogP contribution in [0.25, 0.3) is 0 Å². The van der Waals surface area contributed by atoms with E-state index in [0.29, 0.717) is 0 Å². The van der Waals surface area contributed by atoms with Crippen LogP contribution in [0, 0.1) is 0 Å². The first-order chi connectivity index (χ1) is 21.4. The van der Waals surface area contributed by atoms with Crippen molar-refractivity contribution in [3.8, 4) is 17.2 Å². The van der Waals surface area contributed by atoms with Gasteiger partial charge in [0.15, 0.2) is 0 Å². The Kier molecular flexibility index (Phi) is 8.29. The van der Waals surface area contributed by atoms with Gasteiger partial charge in [-0.15, -0.1) is 0 Å². The molecule has 0 amide bonds. The Morgan fingerprint density at radius 2 is 0.604 bits per heavy atom. The van der Waals surface area contributed by atoms with E-state index in [1.165, 1.54) is 50.1 Å². The van der Waals surface area contributed by atoms with E-state index in [2.05, 4.69) is 168 Å². The molecule has 3 aliphatic heterocycles. The Morgan fingerprint density at radius 1 is 0.375 bits per heavy atom. The van der Waals surface area contributed by atoms with E-state index >= 15 is 0 Å². The fraction of sp³-hybridized carbons (Fsp3) is 0.591. The van der Waals surface area contributed by atoms with E-state index in [0.717, 1.165) is 17.2 Å². The molecule has 6 rings (SSSR count). The summed E-state index contributed by atoms with van der Waals surface area (Å²) in [6, 6.07) is 14.5. The summed E-state index contributed by atoms with van der Waals surface area (Å²) < 4.78 is 22.1. The lowest BCUT2D eigenvalue weighted by atomic mass is 9.70. The molecular weight excluding hydrogens is 605 g/mol. The lowest BCUT2D eigenvalue weighted by molar-refractivity contribution is 0.249. The third-order valence-electron chi connectivity index (χ3n) is 10.2. The second kappa shape index (κ2) is 10.9. The zero-order valence-electron chi connectivity index (χ0n) is 33.8. The number of rotatable bonds is 0. The summed E-state index contributed by atoms with van der Waals surface area (Å²) in [5.41, 5.74) is 10.6. The maximum Gasteiger partial charge on any atom is 0.696 e. The summed E-state index contributed by atoms with van der Waals surface area (Å²) in [6.07, 6.45) is 0. The summed E-state index contributed by atoms with van der Waals surface area (Å²) in [6.45, 7) is 43.7. The molecule has 0 fully saturated rings. The molecule has 0 aliphatic carbocycles. The van der Waals surface area contributed by atoms with Crippen molar-refractivity contribution in [2.45, 2.75) is 170 Å². The molecule has 2 bridgehead atoms. The van der Waals surface area contributed by atoms with E-state index in [1.807, 2.05) is 0 Å². The second-order valence-electron chi connectivity index (χ2n) is 20.9. The van der Waals surface area contributed by atoms with Crippen LogP contribution in [0.3, 0.4) is 0 Å². The van der Waals surface area contributed by atoms with Crippen LogP contribution >= 0.6 is 0 Å². The van der Waals surface area contributed by atoms with Gasteiger partial charge in [-0.05, 0) is 65.9 Å². The van der Waals surface area contributed by atoms with Crippen molar-refractivity contribution in [2.75, 3.05) is 0 Å². The highest BCUT2D eigenvalue weighted by Crippen LogP contribution is 2.57. The van der Waals surface area contributed by atoms with Crippen LogP contribution in [0.2, 0.25) is 6.55 Å². The van der Waals surface area contributed by atoms with Crippen LogP contribution in [-0.4, -0.2) is 8.80 Å². The van der Waals surface area contributed by atoms with Crippen LogP contribution in [0.15, 0.2) is 36.4 Å². The fourth-order valence-corrected chi connectivity index (χ4v) is 8.95. The molecule has 3 aromatic rings. The Balaban J connectivity index is 2.13. The molecule has 4 heteroatoms. The van der Waals surface area contributed by atoms with Gasteiger partial charge in [-0.25, -0.2) is 0 Å². The summed E-state index contributed by atoms with van der Waals surface area (Å²) in [7, 11) is -3.46. The molecule has 0 atom stereocenters. The van der Waals surface area contributed by atoms with Crippen molar-refractivity contribution >= 4 is 8.80 Å². The first kappa shape index (κ1) is 36.6. The third kappa shape index (κ3) is 6.60. The lowest BCUT2D eigenvalue weighted by Crippen LogP contribution is -2.55. The third-order valence-corrected chi connectivity index (χ3v) is 11.9. The van der Waals surface area contributed by atoms with Crippen molar-refractivity contribution in [1.82, 2.24) is 0 Å². The molecule has 0 saturated heterocycles. The highest BCUT2D eigenvalue weighted by molar-refractivity contribution is 6.62. The van der Waals surface area contributed by atoms with Gasteiger partial charge >= 0.3 is 8.80 Å². The van der Waals surface area contributed by atoms with Crippen LogP contribution in [0.5, 0.6) is 17.2 Å². The molecule has 0 spiro atoms. The van der Waals surface area contributed by atoms with Crippen molar-refractivity contribution in [1.29, 1.82) is 0 Å². The van der Waals surface area contributed by atoms with Gasteiger partial charge in [0.1, 0.15) is 17.2 Å². The second-order valence-corrected chi connectivity index (χ2v) is 23.3. The summed E-state index contributed by atoms with van der Waals surface area (Å²) in [5.74, 6) is 2.63. The van der Waals surface area contributed by atoms with Crippen LogP contribution in [0.4, 0.5) is 0 Å². The molecule has 3 nitrogen and oxygen atoms in total. The molecule has 0 radical (unpaired) electrons. The van der Waals surface area contributed by atoms with Crippen LogP contribution < -0.4 is 13.3 Å². The van der Waals surface area contributed by atoms with Gasteiger partial charge in [-0.3, -0.25) is 0 Å². The fourth-order valence-electron chi connectivity index (χ4n) is 7.03. The molecule has 262 valence electrons. The van der Waals surface area contributed by atoms with Gasteiger partial charge in [0, 0.05) is 29.2 Å². The minimum atomic E-state index is -3.46. The van der Waals surface area contributed by atoms with Gasteiger partial charge in [0.25, 0.3) is 0 Å². The van der Waals surface area contributed by atoms with E-state index in [-0.39, 0.29) is 38.4 Å². The van der Waals surface area contributed by atoms with E-state index in [4.69, 9.17) is 13.3 Å². The minimum absolute atomic E-state index is 0.0564. The smallest absolute Gasteiger partial charge is 0.483 e. The van der Waals surface area contributed by atoms with Gasteiger partial charge in [0.05, 0.1) is 0 Å². The maximum atomic E-state index is 7.36. The predicted octanol–water partition coefficient (Wildman–Crippen LogP) is 12.4. The van der Waals surface area contributed by atoms with E-state index < -0.39 is 8.80 Å². The highest BCUT2D eigenvalue weighted by Gasteiger charge is 2.53. The zero-order chi connectivity index (χ0) is 36.4. The van der Waals surface area contributed by atoms with Crippen molar-refractivity contribution in [3.05, 3.63) is 86.5 Å². The number of benzene rings is 3. The van der Waals surface area contributed by atoms with E-state index in [9.17, 15) is 0 Å². The van der Waals surface area contributed by atoms with Crippen LogP contribution in [-0.2, 0) is 32.5 Å². The lowest BCUT2D eigenvalue weighted by Gasteiger charge is -2.44. The van der Waals surface area contributed by atoms with Gasteiger partial charge in [-0.1, -0.05) is 161 Å². The average Bonchev–Trinajstić information content (AvgIpc) is 2.84. The molecule has 3 aliphatic rings. The normalized spacial score (nSPS) is 19.9. The highest BCUT2D eigenvalue weighted by atomic mass is 28.4. The summed E-state index contributed by atoms with van der Waals surface area (Å²) in [5, 5.41) is 0. The van der Waals surface area contributed by atoms with Gasteiger partial charge in [0.2, 0.25) is 0 Å². The van der Waals surface area contributed by atoms with Crippen molar-refractivity contribution < 1.29 is 13.3 Å². The molecular formula is C44H64O3Si. The van der Waals surface area contributed by atoms with Crippen molar-refractivity contribution in [2.24, 2.45) is 0 Å². The Morgan fingerprint density at radius 3 is 0.792 bits per heavy atom. The van der Waals surface area contributed by atoms with E-state index in [1.54, 1.807) is 0 Å². The summed E-state index contributed by atoms with van der Waals surface area (Å²) >= 11 is 0. The molecule has 0 unspecified atom stereocenters. The van der Waals surface area contributed by atoms with Crippen LogP contribution in [0.1, 0.15) is 181 Å². The first-order valence-corrected chi connectivity index (χ1v) is 20.3. The Labute approximate surface area is 294 Å². The largest absolute Gasteiger partial charge is 0.696 e. The summed E-state index contributed by atoms with van der Waals surface area (Å²) in [4.78, 5) is 0.